The van der Waals surface area contributed by atoms with Crippen molar-refractivity contribution in [1.29, 1.82) is 0 Å². The van der Waals surface area contributed by atoms with E-state index in [2.05, 4.69) is 15.7 Å². The zero-order valence-corrected chi connectivity index (χ0v) is 11.8. The molecule has 1 aromatic heterocycles. The Morgan fingerprint density at radius 3 is 2.58 bits per heavy atom. The van der Waals surface area contributed by atoms with Gasteiger partial charge in [0.1, 0.15) is 5.82 Å². The summed E-state index contributed by atoms with van der Waals surface area (Å²) >= 11 is 11.9. The largest absolute Gasteiger partial charge is 0.360 e. The number of pyridine rings is 1. The number of nitrogens with one attached hydrogen (secondary N) is 2. The maximum atomic E-state index is 11.9. The molecule has 0 aromatic carbocycles. The van der Waals surface area contributed by atoms with Crippen LogP contribution >= 0.6 is 23.2 Å². The first-order valence-corrected chi connectivity index (χ1v) is 6.71. The maximum Gasteiger partial charge on any atom is 0.241 e. The summed E-state index contributed by atoms with van der Waals surface area (Å²) in [6.07, 6.45) is 2.12. The molecule has 0 unspecified atom stereocenters. The van der Waals surface area contributed by atoms with E-state index in [9.17, 15) is 4.79 Å². The fourth-order valence-electron chi connectivity index (χ4n) is 1.93. The van der Waals surface area contributed by atoms with Crippen LogP contribution in [0, 0.1) is 0 Å². The van der Waals surface area contributed by atoms with E-state index in [0.717, 1.165) is 25.9 Å². The summed E-state index contributed by atoms with van der Waals surface area (Å²) in [5.74, 6) is 6.01. The highest BCUT2D eigenvalue weighted by Crippen LogP contribution is 2.28. The molecule has 0 aliphatic carbocycles. The second kappa shape index (κ2) is 6.27. The number of amides is 1. The molecule has 6 nitrogen and oxygen atoms in total. The smallest absolute Gasteiger partial charge is 0.241 e. The molecule has 1 saturated heterocycles. The molecule has 0 atom stereocenters. The normalized spacial score (nSPS) is 14.6. The molecule has 0 radical (unpaired) electrons. The summed E-state index contributed by atoms with van der Waals surface area (Å²) in [5, 5.41) is 3.57. The van der Waals surface area contributed by atoms with Gasteiger partial charge in [0, 0.05) is 13.1 Å². The molecule has 0 saturated carbocycles. The maximum absolute atomic E-state index is 11.9. The number of carbonyl (C=O) groups excluding carboxylic acids is 1. The third-order valence-electron chi connectivity index (χ3n) is 2.93. The molecule has 1 aliphatic heterocycles. The number of carbonyl (C=O) groups is 1. The van der Waals surface area contributed by atoms with Crippen molar-refractivity contribution in [2.75, 3.05) is 30.4 Å². The van der Waals surface area contributed by atoms with Gasteiger partial charge < -0.3 is 15.6 Å². The summed E-state index contributed by atoms with van der Waals surface area (Å²) in [6, 6.07) is 1.52. The van der Waals surface area contributed by atoms with Crippen LogP contribution in [0.25, 0.3) is 0 Å². The molecule has 0 bridgehead atoms. The summed E-state index contributed by atoms with van der Waals surface area (Å²) in [5.41, 5.74) is 2.37. The number of hydrazine groups is 1. The van der Waals surface area contributed by atoms with Gasteiger partial charge in [-0.05, 0) is 18.9 Å². The zero-order valence-electron chi connectivity index (χ0n) is 10.2. The number of aromatic nitrogens is 1. The summed E-state index contributed by atoms with van der Waals surface area (Å²) in [7, 11) is 0. The van der Waals surface area contributed by atoms with Crippen LogP contribution in [0.5, 0.6) is 0 Å². The SMILES string of the molecule is NNc1nc(NCC(=O)N2CCCC2)c(Cl)cc1Cl. The average Bonchev–Trinajstić information content (AvgIpc) is 2.91. The van der Waals surface area contributed by atoms with Gasteiger partial charge in [0.15, 0.2) is 5.82 Å². The molecule has 1 fully saturated rings. The summed E-state index contributed by atoms with van der Waals surface area (Å²) < 4.78 is 0. The summed E-state index contributed by atoms with van der Waals surface area (Å²) in [4.78, 5) is 17.8. The molecule has 0 spiro atoms. The molecule has 1 aliphatic rings. The molecular weight excluding hydrogens is 289 g/mol. The monoisotopic (exact) mass is 303 g/mol. The molecule has 1 aromatic rings. The zero-order chi connectivity index (χ0) is 13.8. The van der Waals surface area contributed by atoms with Crippen LogP contribution in [-0.2, 0) is 4.79 Å². The van der Waals surface area contributed by atoms with E-state index in [0.29, 0.717) is 21.7 Å². The average molecular weight is 304 g/mol. The third kappa shape index (κ3) is 3.40. The van der Waals surface area contributed by atoms with Crippen molar-refractivity contribution in [3.63, 3.8) is 0 Å². The van der Waals surface area contributed by atoms with E-state index in [1.807, 2.05) is 4.90 Å². The van der Waals surface area contributed by atoms with Crippen molar-refractivity contribution in [1.82, 2.24) is 9.88 Å². The highest BCUT2D eigenvalue weighted by molar-refractivity contribution is 6.37. The number of hydrogen-bond acceptors (Lipinski definition) is 5. The van der Waals surface area contributed by atoms with Gasteiger partial charge in [0.05, 0.1) is 16.6 Å². The number of nitrogens with two attached hydrogens (primary N) is 1. The minimum Gasteiger partial charge on any atom is -0.360 e. The van der Waals surface area contributed by atoms with Crippen molar-refractivity contribution in [3.8, 4) is 0 Å². The fraction of sp³-hybridized carbons (Fsp3) is 0.455. The molecule has 19 heavy (non-hydrogen) atoms. The van der Waals surface area contributed by atoms with Gasteiger partial charge >= 0.3 is 0 Å². The predicted molar refractivity (Wildman–Crippen MR) is 76.4 cm³/mol. The first-order chi connectivity index (χ1) is 9.11. The standard InChI is InChI=1S/C11H15Cl2N5O/c12-7-5-8(13)11(17-14)16-10(7)15-6-9(19)18-3-1-2-4-18/h5H,1-4,6,14H2,(H2,15,16,17). The lowest BCUT2D eigenvalue weighted by Crippen LogP contribution is -2.33. The quantitative estimate of drug-likeness (QED) is 0.582. The van der Waals surface area contributed by atoms with Gasteiger partial charge in [-0.2, -0.15) is 0 Å². The molecule has 2 heterocycles. The van der Waals surface area contributed by atoms with Gasteiger partial charge in [0.2, 0.25) is 5.91 Å². The van der Waals surface area contributed by atoms with E-state index in [1.165, 1.54) is 6.07 Å². The van der Waals surface area contributed by atoms with Crippen molar-refractivity contribution in [2.45, 2.75) is 12.8 Å². The Bertz CT molecular complexity index is 476. The number of rotatable bonds is 4. The van der Waals surface area contributed by atoms with Crippen LogP contribution in [0.3, 0.4) is 0 Å². The fourth-order valence-corrected chi connectivity index (χ4v) is 2.41. The van der Waals surface area contributed by atoms with Crippen LogP contribution in [-0.4, -0.2) is 35.4 Å². The van der Waals surface area contributed by atoms with Crippen LogP contribution in [0.2, 0.25) is 10.0 Å². The number of likely N-dealkylation sites (tertiary alicyclic amines) is 1. The first kappa shape index (κ1) is 14.2. The second-order valence-corrected chi connectivity index (χ2v) is 5.05. The van der Waals surface area contributed by atoms with Crippen LogP contribution in [0.15, 0.2) is 6.07 Å². The number of nitrogens with zero attached hydrogens (tertiary/aromatic N) is 2. The third-order valence-corrected chi connectivity index (χ3v) is 3.51. The van der Waals surface area contributed by atoms with Crippen molar-refractivity contribution < 1.29 is 4.79 Å². The minimum atomic E-state index is 0.0348. The Balaban J connectivity index is 2.00. The van der Waals surface area contributed by atoms with E-state index < -0.39 is 0 Å². The van der Waals surface area contributed by atoms with E-state index >= 15 is 0 Å². The van der Waals surface area contributed by atoms with Gasteiger partial charge in [-0.3, -0.25) is 4.79 Å². The highest BCUT2D eigenvalue weighted by atomic mass is 35.5. The van der Waals surface area contributed by atoms with E-state index in [-0.39, 0.29) is 12.5 Å². The molecular formula is C11H15Cl2N5O. The molecule has 104 valence electrons. The topological polar surface area (TPSA) is 83.3 Å². The Labute approximate surface area is 121 Å². The lowest BCUT2D eigenvalue weighted by atomic mass is 10.4. The molecule has 2 rings (SSSR count). The Kier molecular flexibility index (Phi) is 4.68. The molecule has 1 amide bonds. The number of halogens is 2. The number of anilines is 2. The van der Waals surface area contributed by atoms with Crippen LogP contribution in [0.4, 0.5) is 11.6 Å². The van der Waals surface area contributed by atoms with Crippen LogP contribution < -0.4 is 16.6 Å². The van der Waals surface area contributed by atoms with Gasteiger partial charge in [-0.1, -0.05) is 23.2 Å². The minimum absolute atomic E-state index is 0.0348. The summed E-state index contributed by atoms with van der Waals surface area (Å²) in [6.45, 7) is 1.79. The van der Waals surface area contributed by atoms with Crippen molar-refractivity contribution in [2.24, 2.45) is 5.84 Å². The number of hydrogen-bond donors (Lipinski definition) is 3. The van der Waals surface area contributed by atoms with Gasteiger partial charge in [-0.15, -0.1) is 0 Å². The second-order valence-electron chi connectivity index (χ2n) is 4.24. The van der Waals surface area contributed by atoms with Crippen molar-refractivity contribution in [3.05, 3.63) is 16.1 Å². The highest BCUT2D eigenvalue weighted by Gasteiger charge is 2.18. The van der Waals surface area contributed by atoms with E-state index in [4.69, 9.17) is 29.0 Å². The Morgan fingerprint density at radius 1 is 1.32 bits per heavy atom. The Hall–Kier alpha value is -1.24. The van der Waals surface area contributed by atoms with E-state index in [1.54, 1.807) is 0 Å². The lowest BCUT2D eigenvalue weighted by Gasteiger charge is -2.16. The van der Waals surface area contributed by atoms with Gasteiger partial charge in [-0.25, -0.2) is 10.8 Å². The Morgan fingerprint density at radius 2 is 1.95 bits per heavy atom. The van der Waals surface area contributed by atoms with Crippen molar-refractivity contribution >= 4 is 40.7 Å². The number of nitrogen functional groups attached to an aromatic ring is 1. The molecule has 8 heteroatoms. The van der Waals surface area contributed by atoms with Gasteiger partial charge in [0.25, 0.3) is 0 Å². The molecule has 4 N–H and O–H groups in total. The first-order valence-electron chi connectivity index (χ1n) is 5.96. The lowest BCUT2D eigenvalue weighted by molar-refractivity contribution is -0.128. The van der Waals surface area contributed by atoms with Crippen LogP contribution in [0.1, 0.15) is 12.8 Å². The predicted octanol–water partition coefficient (Wildman–Crippen LogP) is 1.71.